The molecule has 0 N–H and O–H groups in total. The Kier molecular flexibility index (Phi) is 6.44. The highest BCUT2D eigenvalue weighted by Crippen LogP contribution is 2.21. The maximum Gasteiger partial charge on any atom is 0.254 e. The summed E-state index contributed by atoms with van der Waals surface area (Å²) in [7, 11) is -3.60. The molecule has 0 spiro atoms. The lowest BCUT2D eigenvalue weighted by molar-refractivity contribution is 0.0694. The number of hydrogen-bond acceptors (Lipinski definition) is 4. The first-order valence-electron chi connectivity index (χ1n) is 10.8. The lowest BCUT2D eigenvalue weighted by Gasteiger charge is -2.34. The Labute approximate surface area is 194 Å². The molecule has 33 heavy (non-hydrogen) atoms. The smallest absolute Gasteiger partial charge is 0.254 e. The van der Waals surface area contributed by atoms with E-state index >= 15 is 0 Å². The van der Waals surface area contributed by atoms with Gasteiger partial charge in [-0.2, -0.15) is 4.31 Å². The molecule has 0 bridgehead atoms. The second-order valence-electron chi connectivity index (χ2n) is 8.18. The first-order valence-corrected chi connectivity index (χ1v) is 12.3. The summed E-state index contributed by atoms with van der Waals surface area (Å²) in [6, 6.07) is 20.6. The summed E-state index contributed by atoms with van der Waals surface area (Å²) >= 11 is 0. The van der Waals surface area contributed by atoms with Gasteiger partial charge in [-0.25, -0.2) is 8.42 Å². The molecule has 1 aliphatic rings. The van der Waals surface area contributed by atoms with Gasteiger partial charge in [0.25, 0.3) is 5.91 Å². The van der Waals surface area contributed by atoms with Crippen molar-refractivity contribution < 1.29 is 18.0 Å². The highest BCUT2D eigenvalue weighted by molar-refractivity contribution is 7.89. The summed E-state index contributed by atoms with van der Waals surface area (Å²) < 4.78 is 27.1. The maximum absolute atomic E-state index is 13.3. The van der Waals surface area contributed by atoms with E-state index in [1.54, 1.807) is 65.6 Å². The fourth-order valence-corrected chi connectivity index (χ4v) is 5.39. The van der Waals surface area contributed by atoms with Crippen molar-refractivity contribution >= 4 is 21.7 Å². The second kappa shape index (κ2) is 9.29. The van der Waals surface area contributed by atoms with E-state index in [0.717, 1.165) is 11.1 Å². The summed E-state index contributed by atoms with van der Waals surface area (Å²) in [6.45, 7) is 4.87. The summed E-state index contributed by atoms with van der Waals surface area (Å²) in [5.74, 6) is -0.466. The van der Waals surface area contributed by atoms with E-state index in [0.29, 0.717) is 16.7 Å². The quantitative estimate of drug-likeness (QED) is 0.542. The summed E-state index contributed by atoms with van der Waals surface area (Å²) in [5.41, 5.74) is 3.34. The third-order valence-corrected chi connectivity index (χ3v) is 7.99. The van der Waals surface area contributed by atoms with Crippen LogP contribution in [0.15, 0.2) is 77.7 Å². The molecule has 170 valence electrons. The van der Waals surface area contributed by atoms with Crippen molar-refractivity contribution in [3.8, 4) is 0 Å². The van der Waals surface area contributed by atoms with E-state index in [9.17, 15) is 18.0 Å². The molecule has 1 heterocycles. The number of aryl methyl sites for hydroxylation is 2. The molecule has 6 nitrogen and oxygen atoms in total. The highest BCUT2D eigenvalue weighted by Gasteiger charge is 2.31. The fourth-order valence-electron chi connectivity index (χ4n) is 3.95. The van der Waals surface area contributed by atoms with Crippen LogP contribution in [-0.4, -0.2) is 55.5 Å². The second-order valence-corrected chi connectivity index (χ2v) is 10.1. The van der Waals surface area contributed by atoms with Crippen LogP contribution in [0.3, 0.4) is 0 Å². The highest BCUT2D eigenvalue weighted by atomic mass is 32.2. The Bertz CT molecular complexity index is 1290. The third kappa shape index (κ3) is 4.60. The van der Waals surface area contributed by atoms with Gasteiger partial charge in [-0.15, -0.1) is 0 Å². The third-order valence-electron chi connectivity index (χ3n) is 6.08. The summed E-state index contributed by atoms with van der Waals surface area (Å²) in [6.07, 6.45) is 0. The van der Waals surface area contributed by atoms with Gasteiger partial charge in [-0.05, 0) is 49.2 Å². The Morgan fingerprint density at radius 2 is 1.33 bits per heavy atom. The molecule has 1 fully saturated rings. The zero-order valence-electron chi connectivity index (χ0n) is 18.7. The van der Waals surface area contributed by atoms with Crippen molar-refractivity contribution in [1.29, 1.82) is 0 Å². The van der Waals surface area contributed by atoms with Gasteiger partial charge in [-0.3, -0.25) is 9.59 Å². The van der Waals surface area contributed by atoms with Gasteiger partial charge in [-0.1, -0.05) is 48.5 Å². The number of carbonyl (C=O) groups is 2. The minimum atomic E-state index is -3.60. The number of piperazine rings is 1. The molecular weight excluding hydrogens is 436 g/mol. The Hall–Kier alpha value is -3.29. The van der Waals surface area contributed by atoms with Crippen LogP contribution in [0.1, 0.15) is 37.4 Å². The largest absolute Gasteiger partial charge is 0.336 e. The lowest BCUT2D eigenvalue weighted by atomic mass is 9.95. The molecule has 0 aromatic heterocycles. The minimum absolute atomic E-state index is 0.202. The van der Waals surface area contributed by atoms with E-state index in [-0.39, 0.29) is 42.8 Å². The molecule has 7 heteroatoms. The Morgan fingerprint density at radius 3 is 1.97 bits per heavy atom. The van der Waals surface area contributed by atoms with Crippen LogP contribution in [0.2, 0.25) is 0 Å². The number of amides is 1. The monoisotopic (exact) mass is 462 g/mol. The average molecular weight is 463 g/mol. The standard InChI is InChI=1S/C26H26N2O4S/c1-19-12-13-21(18-20(19)2)25(29)23-10-6-7-11-24(23)26(30)27-14-16-28(17-15-27)33(31,32)22-8-4-3-5-9-22/h3-13,18H,14-17H2,1-2H3. The number of nitrogens with zero attached hydrogens (tertiary/aromatic N) is 2. The normalized spacial score (nSPS) is 14.8. The fraction of sp³-hybridized carbons (Fsp3) is 0.231. The minimum Gasteiger partial charge on any atom is -0.336 e. The van der Waals surface area contributed by atoms with Gasteiger partial charge in [0.05, 0.1) is 10.5 Å². The molecule has 4 rings (SSSR count). The Morgan fingerprint density at radius 1 is 0.727 bits per heavy atom. The van der Waals surface area contributed by atoms with Gasteiger partial charge >= 0.3 is 0 Å². The van der Waals surface area contributed by atoms with E-state index in [4.69, 9.17) is 0 Å². The maximum atomic E-state index is 13.3. The van der Waals surface area contributed by atoms with Crippen LogP contribution in [0.5, 0.6) is 0 Å². The summed E-state index contributed by atoms with van der Waals surface area (Å²) in [4.78, 5) is 28.4. The number of hydrogen-bond donors (Lipinski definition) is 0. The molecule has 0 aliphatic carbocycles. The van der Waals surface area contributed by atoms with Crippen molar-refractivity contribution in [2.45, 2.75) is 18.7 Å². The van der Waals surface area contributed by atoms with E-state index in [2.05, 4.69) is 0 Å². The van der Waals surface area contributed by atoms with Gasteiger partial charge in [0.15, 0.2) is 5.78 Å². The van der Waals surface area contributed by atoms with Crippen LogP contribution >= 0.6 is 0 Å². The number of rotatable bonds is 5. The number of benzene rings is 3. The lowest BCUT2D eigenvalue weighted by Crippen LogP contribution is -2.50. The van der Waals surface area contributed by atoms with Crippen molar-refractivity contribution in [3.63, 3.8) is 0 Å². The SMILES string of the molecule is Cc1ccc(C(=O)c2ccccc2C(=O)N2CCN(S(=O)(=O)c3ccccc3)CC2)cc1C. The number of ketones is 1. The van der Waals surface area contributed by atoms with E-state index < -0.39 is 10.0 Å². The van der Waals surface area contributed by atoms with Crippen LogP contribution in [-0.2, 0) is 10.0 Å². The van der Waals surface area contributed by atoms with Gasteiger partial charge in [0, 0.05) is 37.3 Å². The van der Waals surface area contributed by atoms with Crippen molar-refractivity contribution in [1.82, 2.24) is 9.21 Å². The molecule has 3 aromatic carbocycles. The zero-order chi connectivity index (χ0) is 23.6. The Balaban J connectivity index is 1.52. The molecule has 1 aliphatic heterocycles. The molecule has 1 amide bonds. The van der Waals surface area contributed by atoms with Crippen LogP contribution in [0.4, 0.5) is 0 Å². The van der Waals surface area contributed by atoms with E-state index in [1.807, 2.05) is 26.0 Å². The van der Waals surface area contributed by atoms with Crippen molar-refractivity contribution in [3.05, 3.63) is 101 Å². The predicted molar refractivity (Wildman–Crippen MR) is 127 cm³/mol. The first kappa shape index (κ1) is 22.9. The topological polar surface area (TPSA) is 74.8 Å². The van der Waals surface area contributed by atoms with Gasteiger partial charge in [0.2, 0.25) is 10.0 Å². The number of carbonyl (C=O) groups excluding carboxylic acids is 2. The van der Waals surface area contributed by atoms with Crippen LogP contribution in [0.25, 0.3) is 0 Å². The predicted octanol–water partition coefficient (Wildman–Crippen LogP) is 3.68. The van der Waals surface area contributed by atoms with E-state index in [1.165, 1.54) is 4.31 Å². The van der Waals surface area contributed by atoms with Crippen LogP contribution in [0, 0.1) is 13.8 Å². The molecule has 0 unspecified atom stereocenters. The number of sulfonamides is 1. The van der Waals surface area contributed by atoms with Gasteiger partial charge < -0.3 is 4.90 Å². The first-order chi connectivity index (χ1) is 15.8. The molecule has 0 saturated carbocycles. The average Bonchev–Trinajstić information content (AvgIpc) is 2.85. The molecule has 3 aromatic rings. The summed E-state index contributed by atoms with van der Waals surface area (Å²) in [5, 5.41) is 0. The van der Waals surface area contributed by atoms with Crippen LogP contribution < -0.4 is 0 Å². The molecule has 1 saturated heterocycles. The molecular formula is C26H26N2O4S. The van der Waals surface area contributed by atoms with Crippen molar-refractivity contribution in [2.24, 2.45) is 0 Å². The molecule has 0 radical (unpaired) electrons. The molecule has 0 atom stereocenters. The van der Waals surface area contributed by atoms with Gasteiger partial charge in [0.1, 0.15) is 0 Å². The van der Waals surface area contributed by atoms with Crippen molar-refractivity contribution in [2.75, 3.05) is 26.2 Å². The zero-order valence-corrected chi connectivity index (χ0v) is 19.5.